The van der Waals surface area contributed by atoms with Gasteiger partial charge in [0.15, 0.2) is 0 Å². The summed E-state index contributed by atoms with van der Waals surface area (Å²) in [6.45, 7) is 0. The van der Waals surface area contributed by atoms with Gasteiger partial charge < -0.3 is 4.52 Å². The fourth-order valence-corrected chi connectivity index (χ4v) is 3.37. The predicted molar refractivity (Wildman–Crippen MR) is 109 cm³/mol. The van der Waals surface area contributed by atoms with Crippen molar-refractivity contribution in [3.63, 3.8) is 0 Å². The molecule has 1 aliphatic rings. The topological polar surface area (TPSA) is 111 Å². The molecule has 2 N–H and O–H groups in total. The Hall–Kier alpha value is -4.22. The summed E-state index contributed by atoms with van der Waals surface area (Å²) in [4.78, 5) is 20.9. The lowest BCUT2D eigenvalue weighted by atomic mass is 10.1. The van der Waals surface area contributed by atoms with Crippen LogP contribution in [0.1, 0.15) is 40.4 Å². The second-order valence-electron chi connectivity index (χ2n) is 7.42. The Bertz CT molecular complexity index is 1300. The summed E-state index contributed by atoms with van der Waals surface area (Å²) >= 11 is 0. The third-order valence-electron chi connectivity index (χ3n) is 5.08. The summed E-state index contributed by atoms with van der Waals surface area (Å²) < 4.78 is 45.9. The molecule has 0 bridgehead atoms. The van der Waals surface area contributed by atoms with Gasteiger partial charge in [0.2, 0.25) is 5.82 Å². The fraction of sp³-hybridized carbons (Fsp3) is 0.190. The van der Waals surface area contributed by atoms with Gasteiger partial charge in [-0.3, -0.25) is 15.2 Å². The molecule has 0 aliphatic heterocycles. The van der Waals surface area contributed by atoms with E-state index in [0.29, 0.717) is 17.1 Å². The van der Waals surface area contributed by atoms with E-state index in [0.717, 1.165) is 25.0 Å². The van der Waals surface area contributed by atoms with Crippen LogP contribution in [0, 0.1) is 0 Å². The van der Waals surface area contributed by atoms with Crippen LogP contribution in [0.4, 0.5) is 19.2 Å². The molecule has 9 nitrogen and oxygen atoms in total. The van der Waals surface area contributed by atoms with Gasteiger partial charge >= 0.3 is 12.2 Å². The molecule has 1 saturated carbocycles. The minimum absolute atomic E-state index is 0.0319. The largest absolute Gasteiger partial charge is 0.416 e. The lowest BCUT2D eigenvalue weighted by molar-refractivity contribution is -0.137. The summed E-state index contributed by atoms with van der Waals surface area (Å²) in [6, 6.07) is 8.22. The Kier molecular flexibility index (Phi) is 5.04. The van der Waals surface area contributed by atoms with Crippen LogP contribution in [-0.4, -0.2) is 30.8 Å². The van der Waals surface area contributed by atoms with Crippen LogP contribution in [0.15, 0.2) is 59.5 Å². The van der Waals surface area contributed by atoms with Gasteiger partial charge in [-0.1, -0.05) is 11.2 Å². The highest BCUT2D eigenvalue weighted by atomic mass is 19.4. The van der Waals surface area contributed by atoms with E-state index in [-0.39, 0.29) is 23.2 Å². The number of rotatable bonds is 6. The molecule has 4 aromatic rings. The highest BCUT2D eigenvalue weighted by Gasteiger charge is 2.34. The second kappa shape index (κ2) is 8.04. The minimum atomic E-state index is -4.48. The summed E-state index contributed by atoms with van der Waals surface area (Å²) in [5, 5.41) is 8.02. The molecular formula is C21H16F3N7O2. The van der Waals surface area contributed by atoms with Gasteiger partial charge in [-0.15, -0.1) is 0 Å². The van der Waals surface area contributed by atoms with Crippen molar-refractivity contribution in [1.29, 1.82) is 0 Å². The monoisotopic (exact) mass is 455 g/mol. The number of alkyl halides is 3. The van der Waals surface area contributed by atoms with Crippen molar-refractivity contribution in [2.24, 2.45) is 0 Å². The maximum atomic E-state index is 13.1. The highest BCUT2D eigenvalue weighted by molar-refractivity contribution is 5.96. The van der Waals surface area contributed by atoms with Crippen LogP contribution in [0.2, 0.25) is 0 Å². The number of carbonyl (C=O) groups is 1. The Labute approximate surface area is 184 Å². The van der Waals surface area contributed by atoms with Crippen molar-refractivity contribution in [2.75, 3.05) is 5.43 Å². The van der Waals surface area contributed by atoms with Crippen molar-refractivity contribution >= 4 is 11.9 Å². The van der Waals surface area contributed by atoms with Gasteiger partial charge in [-0.05, 0) is 43.2 Å². The van der Waals surface area contributed by atoms with Crippen LogP contribution >= 0.6 is 0 Å². The Morgan fingerprint density at radius 1 is 1.15 bits per heavy atom. The zero-order valence-electron chi connectivity index (χ0n) is 16.9. The van der Waals surface area contributed by atoms with Crippen LogP contribution < -0.4 is 10.9 Å². The number of hydrogen-bond donors (Lipinski definition) is 2. The van der Waals surface area contributed by atoms with Gasteiger partial charge in [0.1, 0.15) is 0 Å². The highest BCUT2D eigenvalue weighted by Crippen LogP contribution is 2.42. The molecule has 12 heteroatoms. The number of anilines is 1. The molecular weight excluding hydrogens is 439 g/mol. The molecule has 0 saturated heterocycles. The van der Waals surface area contributed by atoms with E-state index in [1.54, 1.807) is 24.5 Å². The first kappa shape index (κ1) is 20.7. The standard InChI is InChI=1S/C21H16F3N7O2/c22-21(23,24)14-2-1-3-15(10-14)31-17(12-4-5-12)16(11-26-31)19(32)28-29-20-27-18(30-33-20)13-6-8-25-9-7-13/h1-3,6-12H,4-5H2,(H,28,32)(H,27,29,30). The number of benzene rings is 1. The molecule has 1 aliphatic carbocycles. The number of nitrogens with one attached hydrogen (secondary N) is 2. The number of aromatic nitrogens is 5. The molecule has 0 radical (unpaired) electrons. The maximum absolute atomic E-state index is 13.1. The smallest absolute Gasteiger partial charge is 0.313 e. The number of hydrogen-bond acceptors (Lipinski definition) is 7. The van der Waals surface area contributed by atoms with Gasteiger partial charge in [-0.25, -0.2) is 10.1 Å². The van der Waals surface area contributed by atoms with Crippen molar-refractivity contribution in [1.82, 2.24) is 30.3 Å². The first-order valence-corrected chi connectivity index (χ1v) is 9.96. The Morgan fingerprint density at radius 2 is 1.94 bits per heavy atom. The van der Waals surface area contributed by atoms with Gasteiger partial charge in [-0.2, -0.15) is 23.3 Å². The van der Waals surface area contributed by atoms with E-state index in [1.165, 1.54) is 23.0 Å². The molecule has 33 heavy (non-hydrogen) atoms. The Morgan fingerprint density at radius 3 is 2.67 bits per heavy atom. The van der Waals surface area contributed by atoms with E-state index in [1.807, 2.05) is 0 Å². The molecule has 1 amide bonds. The predicted octanol–water partition coefficient (Wildman–Crippen LogP) is 3.97. The third-order valence-corrected chi connectivity index (χ3v) is 5.08. The van der Waals surface area contributed by atoms with Crippen LogP contribution in [0.25, 0.3) is 17.1 Å². The van der Waals surface area contributed by atoms with E-state index in [2.05, 4.69) is 31.1 Å². The molecule has 1 aromatic carbocycles. The van der Waals surface area contributed by atoms with E-state index in [4.69, 9.17) is 4.52 Å². The first-order chi connectivity index (χ1) is 15.9. The van der Waals surface area contributed by atoms with Gasteiger partial charge in [0.05, 0.1) is 28.7 Å². The van der Waals surface area contributed by atoms with E-state index < -0.39 is 17.6 Å². The average molecular weight is 455 g/mol. The van der Waals surface area contributed by atoms with Crippen LogP contribution in [-0.2, 0) is 6.18 Å². The van der Waals surface area contributed by atoms with Crippen LogP contribution in [0.5, 0.6) is 0 Å². The molecule has 1 fully saturated rings. The normalized spacial score (nSPS) is 13.7. The molecule has 3 heterocycles. The lowest BCUT2D eigenvalue weighted by Crippen LogP contribution is -2.30. The second-order valence-corrected chi connectivity index (χ2v) is 7.42. The third kappa shape index (κ3) is 4.27. The minimum Gasteiger partial charge on any atom is -0.313 e. The summed E-state index contributed by atoms with van der Waals surface area (Å²) in [5.41, 5.74) is 5.96. The van der Waals surface area contributed by atoms with Crippen LogP contribution in [0.3, 0.4) is 0 Å². The number of amides is 1. The summed E-state index contributed by atoms with van der Waals surface area (Å²) in [7, 11) is 0. The zero-order valence-corrected chi connectivity index (χ0v) is 16.9. The molecule has 0 unspecified atom stereocenters. The molecule has 0 atom stereocenters. The van der Waals surface area contributed by atoms with Crippen molar-refractivity contribution in [3.05, 3.63) is 71.8 Å². The first-order valence-electron chi connectivity index (χ1n) is 9.96. The SMILES string of the molecule is O=C(NNc1nc(-c2ccncc2)no1)c1cnn(-c2cccc(C(F)(F)F)c2)c1C1CC1. The van der Waals surface area contributed by atoms with E-state index in [9.17, 15) is 18.0 Å². The Balaban J connectivity index is 1.36. The molecule has 3 aromatic heterocycles. The molecule has 0 spiro atoms. The summed E-state index contributed by atoms with van der Waals surface area (Å²) in [6.07, 6.45) is 1.66. The summed E-state index contributed by atoms with van der Waals surface area (Å²) in [5.74, 6) is -0.187. The molecule has 5 rings (SSSR count). The number of halogens is 3. The maximum Gasteiger partial charge on any atom is 0.416 e. The number of hydrazine groups is 1. The zero-order chi connectivity index (χ0) is 23.0. The van der Waals surface area contributed by atoms with Crippen molar-refractivity contribution < 1.29 is 22.5 Å². The quantitative estimate of drug-likeness (QED) is 0.423. The van der Waals surface area contributed by atoms with Gasteiger partial charge in [0, 0.05) is 23.9 Å². The van der Waals surface area contributed by atoms with Gasteiger partial charge in [0.25, 0.3) is 5.91 Å². The number of nitrogens with zero attached hydrogens (tertiary/aromatic N) is 5. The number of carbonyl (C=O) groups excluding carboxylic acids is 1. The fourth-order valence-electron chi connectivity index (χ4n) is 3.37. The van der Waals surface area contributed by atoms with Crippen molar-refractivity contribution in [3.8, 4) is 17.1 Å². The lowest BCUT2D eigenvalue weighted by Gasteiger charge is -2.12. The van der Waals surface area contributed by atoms with E-state index >= 15 is 0 Å². The number of pyridine rings is 1. The molecule has 168 valence electrons. The van der Waals surface area contributed by atoms with Crippen molar-refractivity contribution in [2.45, 2.75) is 24.9 Å². The average Bonchev–Trinajstić information content (AvgIpc) is 3.37.